The number of Topliss-reactive ketones (excluding diaryl/α,β-unsaturated/α-hetero) is 1. The van der Waals surface area contributed by atoms with Gasteiger partial charge in [-0.1, -0.05) is 15.9 Å². The second-order valence-corrected chi connectivity index (χ2v) is 2.35. The van der Waals surface area contributed by atoms with Gasteiger partial charge in [0.2, 0.25) is 0 Å². The van der Waals surface area contributed by atoms with E-state index in [2.05, 4.69) is 20.7 Å². The summed E-state index contributed by atoms with van der Waals surface area (Å²) in [5.74, 6) is -1.26. The van der Waals surface area contributed by atoms with Crippen molar-refractivity contribution in [1.29, 1.82) is 0 Å². The van der Waals surface area contributed by atoms with Crippen LogP contribution in [0.1, 0.15) is 6.92 Å². The zero-order valence-corrected chi connectivity index (χ0v) is 13.0. The normalized spacial score (nSPS) is 11.2. The molecule has 12 heavy (non-hydrogen) atoms. The van der Waals surface area contributed by atoms with E-state index in [9.17, 15) is 9.59 Å². The van der Waals surface area contributed by atoms with Gasteiger partial charge in [0.15, 0.2) is 0 Å². The van der Waals surface area contributed by atoms with Crippen molar-refractivity contribution < 1.29 is 58.4 Å². The first-order chi connectivity index (χ1) is 5.13. The third-order valence-electron chi connectivity index (χ3n) is 0.976. The van der Waals surface area contributed by atoms with Crippen LogP contribution in [0, 0.1) is 44.1 Å². The molecule has 0 aromatic heterocycles. The molecule has 1 atom stereocenters. The van der Waals surface area contributed by atoms with E-state index < -0.39 is 17.8 Å². The van der Waals surface area contributed by atoms with E-state index in [4.69, 9.17) is 5.73 Å². The monoisotopic (exact) mass is 449 g/mol. The molecule has 0 aromatic rings. The molecular weight excluding hydrogens is 441 g/mol. The molecule has 1 radical (unpaired) electrons. The van der Waals surface area contributed by atoms with Crippen LogP contribution in [0.5, 0.6) is 0 Å². The molecule has 0 amide bonds. The summed E-state index contributed by atoms with van der Waals surface area (Å²) in [5, 5.41) is 0.0139. The number of ether oxygens (including phenoxy) is 1. The standard InChI is InChI=1S/C6H9BrNO3.Ac/c1-2-11-6(10)5(8)4(9)3-7;/h5,8H,2-3H2,1H3;/q-1;. The summed E-state index contributed by atoms with van der Waals surface area (Å²) in [6.45, 7) is 1.83. The Morgan fingerprint density at radius 3 is 2.42 bits per heavy atom. The number of ketones is 1. The molecule has 0 bridgehead atoms. The molecule has 0 fully saturated rings. The molecule has 0 saturated carbocycles. The van der Waals surface area contributed by atoms with Gasteiger partial charge in [-0.05, 0) is 6.92 Å². The summed E-state index contributed by atoms with van der Waals surface area (Å²) in [6, 6.07) is -1.39. The average molecular weight is 450 g/mol. The van der Waals surface area contributed by atoms with E-state index in [0.717, 1.165) is 0 Å². The Hall–Kier alpha value is 1.02. The maximum Gasteiger partial charge on any atom is 0.295 e. The maximum atomic E-state index is 10.7. The van der Waals surface area contributed by atoms with Crippen LogP contribution in [0.25, 0.3) is 5.73 Å². The van der Waals surface area contributed by atoms with Crippen molar-refractivity contribution in [2.45, 2.75) is 13.0 Å². The van der Waals surface area contributed by atoms with Crippen molar-refractivity contribution in [3.8, 4) is 0 Å². The second-order valence-electron chi connectivity index (χ2n) is 1.79. The Morgan fingerprint density at radius 2 is 2.08 bits per heavy atom. The number of hydrogen-bond donors (Lipinski definition) is 0. The van der Waals surface area contributed by atoms with Gasteiger partial charge in [-0.2, -0.15) is 0 Å². The predicted molar refractivity (Wildman–Crippen MR) is 43.5 cm³/mol. The van der Waals surface area contributed by atoms with Crippen LogP contribution < -0.4 is 0 Å². The minimum atomic E-state index is -1.39. The molecule has 0 aliphatic heterocycles. The summed E-state index contributed by atoms with van der Waals surface area (Å²) >= 11 is 2.86. The van der Waals surface area contributed by atoms with Gasteiger partial charge in [0.05, 0.1) is 11.9 Å². The van der Waals surface area contributed by atoms with Gasteiger partial charge in [-0.25, -0.2) is 0 Å². The number of hydrogen-bond acceptors (Lipinski definition) is 3. The quantitative estimate of drug-likeness (QED) is 0.364. The fourth-order valence-corrected chi connectivity index (χ4v) is 0.758. The molecule has 0 spiro atoms. The van der Waals surface area contributed by atoms with E-state index in [1.807, 2.05) is 0 Å². The van der Waals surface area contributed by atoms with Crippen LogP contribution in [-0.4, -0.2) is 29.7 Å². The van der Waals surface area contributed by atoms with Gasteiger partial charge in [0.1, 0.15) is 5.78 Å². The predicted octanol–water partition coefficient (Wildman–Crippen LogP) is 0.934. The number of alkyl halides is 1. The minimum Gasteiger partial charge on any atom is -0.659 e. The first-order valence-electron chi connectivity index (χ1n) is 3.09. The summed E-state index contributed by atoms with van der Waals surface area (Å²) in [7, 11) is 0. The summed E-state index contributed by atoms with van der Waals surface area (Å²) in [6.07, 6.45) is 0. The number of rotatable bonds is 4. The van der Waals surface area contributed by atoms with Crippen molar-refractivity contribution in [2.75, 3.05) is 11.9 Å². The Labute approximate surface area is 115 Å². The first-order valence-corrected chi connectivity index (χ1v) is 4.22. The fourth-order valence-electron chi connectivity index (χ4n) is 0.434. The summed E-state index contributed by atoms with van der Waals surface area (Å²) < 4.78 is 4.46. The van der Waals surface area contributed by atoms with E-state index in [-0.39, 0.29) is 56.0 Å². The van der Waals surface area contributed by atoms with Crippen molar-refractivity contribution in [1.82, 2.24) is 0 Å². The van der Waals surface area contributed by atoms with Gasteiger partial charge in [-0.3, -0.25) is 9.59 Å². The van der Waals surface area contributed by atoms with E-state index >= 15 is 0 Å². The van der Waals surface area contributed by atoms with E-state index in [0.29, 0.717) is 0 Å². The maximum absolute atomic E-state index is 10.7. The third-order valence-corrected chi connectivity index (χ3v) is 1.53. The summed E-state index contributed by atoms with van der Waals surface area (Å²) in [5.41, 5.74) is 7.03. The smallest absolute Gasteiger partial charge is 0.295 e. The van der Waals surface area contributed by atoms with Crippen LogP contribution in [0.4, 0.5) is 0 Å². The number of carbonyl (C=O) groups is 2. The van der Waals surface area contributed by atoms with Gasteiger partial charge in [0.25, 0.3) is 5.97 Å². The molecule has 0 rings (SSSR count). The molecule has 0 aliphatic carbocycles. The molecule has 67 valence electrons. The van der Waals surface area contributed by atoms with Crippen molar-refractivity contribution in [3.63, 3.8) is 0 Å². The van der Waals surface area contributed by atoms with Crippen molar-refractivity contribution >= 4 is 27.7 Å². The average Bonchev–Trinajstić information content (AvgIpc) is 2.02. The number of carbonyl (C=O) groups excluding carboxylic acids is 2. The van der Waals surface area contributed by atoms with Crippen molar-refractivity contribution in [3.05, 3.63) is 5.73 Å². The van der Waals surface area contributed by atoms with Crippen LogP contribution in [-0.2, 0) is 14.3 Å². The number of halogens is 1. The molecule has 4 nitrogen and oxygen atoms in total. The molecular formula is C6H9AcBrNO3-. The van der Waals surface area contributed by atoms with Crippen molar-refractivity contribution in [2.24, 2.45) is 0 Å². The van der Waals surface area contributed by atoms with Gasteiger partial charge in [-0.15, -0.1) is 0 Å². The first kappa shape index (κ1) is 15.5. The fraction of sp³-hybridized carbons (Fsp3) is 0.667. The van der Waals surface area contributed by atoms with Gasteiger partial charge < -0.3 is 10.5 Å². The van der Waals surface area contributed by atoms with Crippen LogP contribution in [0.2, 0.25) is 0 Å². The molecule has 1 N–H and O–H groups in total. The van der Waals surface area contributed by atoms with Gasteiger partial charge >= 0.3 is 0 Å². The Morgan fingerprint density at radius 1 is 1.58 bits per heavy atom. The molecule has 6 heteroatoms. The largest absolute Gasteiger partial charge is 0.659 e. The Balaban J connectivity index is 0. The Bertz CT molecular complexity index is 165. The van der Waals surface area contributed by atoms with Crippen LogP contribution >= 0.6 is 15.9 Å². The molecule has 1 unspecified atom stereocenters. The Kier molecular flexibility index (Phi) is 11.1. The molecule has 0 saturated heterocycles. The number of nitrogens with one attached hydrogen (secondary N) is 1. The molecule has 0 aromatic carbocycles. The second kappa shape index (κ2) is 8.61. The molecule has 0 heterocycles. The number of esters is 1. The van der Waals surface area contributed by atoms with Gasteiger partial charge in [0, 0.05) is 50.1 Å². The summed E-state index contributed by atoms with van der Waals surface area (Å²) in [4.78, 5) is 21.4. The van der Waals surface area contributed by atoms with Crippen LogP contribution in [0.3, 0.4) is 0 Å². The zero-order valence-electron chi connectivity index (χ0n) is 6.67. The zero-order chi connectivity index (χ0) is 8.85. The molecule has 0 aliphatic rings. The van der Waals surface area contributed by atoms with E-state index in [1.165, 1.54) is 0 Å². The van der Waals surface area contributed by atoms with Crippen LogP contribution in [0.15, 0.2) is 0 Å². The SMILES string of the molecule is CCOC(=O)C([NH-])C(=O)CBr.[Ac]. The minimum absolute atomic E-state index is 0. The van der Waals surface area contributed by atoms with E-state index in [1.54, 1.807) is 6.92 Å². The third kappa shape index (κ3) is 5.63. The topological polar surface area (TPSA) is 67.2 Å².